The van der Waals surface area contributed by atoms with Crippen LogP contribution in [0.2, 0.25) is 18.1 Å². The molecule has 0 bridgehead atoms. The fraction of sp³-hybridized carbons (Fsp3) is 0.333. The summed E-state index contributed by atoms with van der Waals surface area (Å²) in [5.74, 6) is 0.679. The van der Waals surface area contributed by atoms with Crippen LogP contribution in [0.15, 0.2) is 47.4 Å². The minimum atomic E-state index is -3.41. The Labute approximate surface area is 161 Å². The lowest BCUT2D eigenvalue weighted by Gasteiger charge is -2.37. The van der Waals surface area contributed by atoms with Gasteiger partial charge in [0.1, 0.15) is 5.75 Å². The second-order valence-corrected chi connectivity index (χ2v) is 15.5. The van der Waals surface area contributed by atoms with Crippen molar-refractivity contribution in [3.05, 3.63) is 48.0 Å². The zero-order chi connectivity index (χ0) is 19.6. The van der Waals surface area contributed by atoms with Gasteiger partial charge in [-0.05, 0) is 36.3 Å². The van der Waals surface area contributed by atoms with Crippen LogP contribution in [0, 0.1) is 0 Å². The molecule has 0 radical (unpaired) electrons. The number of nitrogens with one attached hydrogen (secondary N) is 1. The van der Waals surface area contributed by atoms with Gasteiger partial charge < -0.3 is 9.41 Å². The van der Waals surface area contributed by atoms with E-state index in [0.29, 0.717) is 16.2 Å². The maximum absolute atomic E-state index is 13.0. The molecule has 1 aromatic heterocycles. The molecule has 0 spiro atoms. The lowest BCUT2D eigenvalue weighted by molar-refractivity contribution is 0.492. The normalized spacial score (nSPS) is 16.0. The second-order valence-electron chi connectivity index (χ2n) is 8.77. The van der Waals surface area contributed by atoms with Crippen molar-refractivity contribution in [2.75, 3.05) is 0 Å². The summed E-state index contributed by atoms with van der Waals surface area (Å²) < 4.78 is 32.6. The van der Waals surface area contributed by atoms with Crippen molar-refractivity contribution in [2.24, 2.45) is 0 Å². The Hall–Kier alpha value is -2.05. The van der Waals surface area contributed by atoms with Crippen LogP contribution >= 0.6 is 0 Å². The first-order valence-electron chi connectivity index (χ1n) is 9.16. The predicted octanol–water partition coefficient (Wildman–Crippen LogP) is 5.51. The Morgan fingerprint density at radius 3 is 2.44 bits per heavy atom. The van der Waals surface area contributed by atoms with Gasteiger partial charge in [0.25, 0.3) is 8.32 Å². The van der Waals surface area contributed by atoms with Gasteiger partial charge in [-0.1, -0.05) is 45.0 Å². The molecule has 1 aliphatic rings. The van der Waals surface area contributed by atoms with Crippen molar-refractivity contribution in [2.45, 2.75) is 49.6 Å². The summed E-state index contributed by atoms with van der Waals surface area (Å²) in [4.78, 5) is 3.80. The third-order valence-corrected chi connectivity index (χ3v) is 11.9. The molecule has 1 N–H and O–H groups in total. The Morgan fingerprint density at radius 2 is 1.74 bits per heavy atom. The Balaban J connectivity index is 2.00. The summed E-state index contributed by atoms with van der Waals surface area (Å²) in [5.41, 5.74) is 3.34. The van der Waals surface area contributed by atoms with Crippen LogP contribution in [-0.4, -0.2) is 21.7 Å². The number of rotatable bonds is 2. The van der Waals surface area contributed by atoms with E-state index in [2.05, 4.69) is 38.8 Å². The van der Waals surface area contributed by atoms with Crippen molar-refractivity contribution in [3.8, 4) is 17.0 Å². The molecule has 0 atom stereocenters. The van der Waals surface area contributed by atoms with Gasteiger partial charge in [0, 0.05) is 16.5 Å². The number of sulfone groups is 1. The molecule has 0 amide bonds. The number of aromatic nitrogens is 1. The van der Waals surface area contributed by atoms with Crippen LogP contribution in [0.3, 0.4) is 0 Å². The summed E-state index contributed by atoms with van der Waals surface area (Å²) in [7, 11) is -5.54. The number of hydrogen-bond donors (Lipinski definition) is 1. The molecule has 0 aliphatic carbocycles. The molecule has 0 saturated heterocycles. The van der Waals surface area contributed by atoms with Gasteiger partial charge in [0.05, 0.1) is 21.9 Å². The minimum Gasteiger partial charge on any atom is -0.543 e. The molecule has 0 fully saturated rings. The average molecular weight is 400 g/mol. The first kappa shape index (κ1) is 18.3. The van der Waals surface area contributed by atoms with E-state index in [-0.39, 0.29) is 10.8 Å². The van der Waals surface area contributed by atoms with E-state index >= 15 is 0 Å². The van der Waals surface area contributed by atoms with Crippen LogP contribution in [0.25, 0.3) is 22.2 Å². The Kier molecular flexibility index (Phi) is 3.88. The molecule has 2 aromatic carbocycles. The van der Waals surface area contributed by atoms with Gasteiger partial charge in [-0.3, -0.25) is 0 Å². The van der Waals surface area contributed by atoms with Crippen LogP contribution in [0.4, 0.5) is 0 Å². The Bertz CT molecular complexity index is 1150. The SMILES string of the molecule is CC(C)(C)[Si](C)(C)Oc1cccc2c1-c1[nH]c3ccccc3c1CS2(=O)=O. The van der Waals surface area contributed by atoms with Crippen molar-refractivity contribution < 1.29 is 12.8 Å². The van der Waals surface area contributed by atoms with Gasteiger partial charge in [-0.25, -0.2) is 8.42 Å². The third-order valence-electron chi connectivity index (χ3n) is 5.89. The topological polar surface area (TPSA) is 59.2 Å². The second kappa shape index (κ2) is 5.72. The smallest absolute Gasteiger partial charge is 0.250 e. The molecule has 1 aliphatic heterocycles. The lowest BCUT2D eigenvalue weighted by atomic mass is 10.0. The van der Waals surface area contributed by atoms with Crippen molar-refractivity contribution in [1.29, 1.82) is 0 Å². The predicted molar refractivity (Wildman–Crippen MR) is 112 cm³/mol. The molecule has 27 heavy (non-hydrogen) atoms. The van der Waals surface area contributed by atoms with Crippen molar-refractivity contribution in [3.63, 3.8) is 0 Å². The number of fused-ring (bicyclic) bond motifs is 5. The van der Waals surface area contributed by atoms with E-state index in [0.717, 1.165) is 22.2 Å². The van der Waals surface area contributed by atoms with E-state index in [4.69, 9.17) is 4.43 Å². The number of para-hydroxylation sites is 1. The first-order chi connectivity index (χ1) is 12.5. The van der Waals surface area contributed by atoms with E-state index in [9.17, 15) is 8.42 Å². The highest BCUT2D eigenvalue weighted by Crippen LogP contribution is 2.47. The summed E-state index contributed by atoms with van der Waals surface area (Å²) >= 11 is 0. The fourth-order valence-electron chi connectivity index (χ4n) is 3.36. The molecule has 0 unspecified atom stereocenters. The van der Waals surface area contributed by atoms with Gasteiger partial charge >= 0.3 is 0 Å². The Morgan fingerprint density at radius 1 is 1.04 bits per heavy atom. The van der Waals surface area contributed by atoms with Crippen LogP contribution in [0.5, 0.6) is 5.75 Å². The van der Waals surface area contributed by atoms with Gasteiger partial charge in [0.2, 0.25) is 0 Å². The highest BCUT2D eigenvalue weighted by molar-refractivity contribution is 7.91. The highest BCUT2D eigenvalue weighted by Gasteiger charge is 2.41. The van der Waals surface area contributed by atoms with Crippen LogP contribution < -0.4 is 4.43 Å². The van der Waals surface area contributed by atoms with Gasteiger partial charge in [-0.15, -0.1) is 0 Å². The zero-order valence-electron chi connectivity index (χ0n) is 16.4. The van der Waals surface area contributed by atoms with E-state index in [1.54, 1.807) is 12.1 Å². The maximum Gasteiger partial charge on any atom is 0.250 e. The van der Waals surface area contributed by atoms with E-state index < -0.39 is 18.2 Å². The van der Waals surface area contributed by atoms with Crippen molar-refractivity contribution >= 4 is 29.1 Å². The molecule has 6 heteroatoms. The molecule has 4 rings (SSSR count). The molecule has 4 nitrogen and oxygen atoms in total. The fourth-order valence-corrected chi connectivity index (χ4v) is 6.02. The van der Waals surface area contributed by atoms with Gasteiger partial charge in [-0.2, -0.15) is 0 Å². The standard InChI is InChI=1S/C21H25NO3SSi/c1-21(2,3)27(4,5)25-17-11-8-12-18-19(17)20-15(13-26(18,23)24)14-9-6-7-10-16(14)22-20/h6-12,22H,13H2,1-5H3. The van der Waals surface area contributed by atoms with E-state index in [1.165, 1.54) is 0 Å². The largest absolute Gasteiger partial charge is 0.543 e. The quantitative estimate of drug-likeness (QED) is 0.578. The van der Waals surface area contributed by atoms with Gasteiger partial charge in [0.15, 0.2) is 9.84 Å². The highest BCUT2D eigenvalue weighted by atomic mass is 32.2. The molecular weight excluding hydrogens is 374 g/mol. The average Bonchev–Trinajstić information content (AvgIpc) is 2.91. The van der Waals surface area contributed by atoms with Crippen LogP contribution in [-0.2, 0) is 15.6 Å². The zero-order valence-corrected chi connectivity index (χ0v) is 18.2. The minimum absolute atomic E-state index is 0.0168. The molecule has 3 aromatic rings. The monoisotopic (exact) mass is 399 g/mol. The molecular formula is C21H25NO3SSi. The number of aromatic amines is 1. The summed E-state index contributed by atoms with van der Waals surface area (Å²) in [6.07, 6.45) is 0. The number of hydrogen-bond acceptors (Lipinski definition) is 3. The summed E-state index contributed by atoms with van der Waals surface area (Å²) in [6, 6.07) is 13.2. The van der Waals surface area contributed by atoms with Crippen molar-refractivity contribution in [1.82, 2.24) is 4.98 Å². The molecule has 2 heterocycles. The lowest BCUT2D eigenvalue weighted by Crippen LogP contribution is -2.44. The molecule has 142 valence electrons. The van der Waals surface area contributed by atoms with Crippen LogP contribution in [0.1, 0.15) is 26.3 Å². The molecule has 0 saturated carbocycles. The number of benzene rings is 2. The summed E-state index contributed by atoms with van der Waals surface area (Å²) in [5, 5.41) is 0.982. The number of H-pyrrole nitrogens is 1. The van der Waals surface area contributed by atoms with E-state index in [1.807, 2.05) is 30.3 Å². The summed E-state index contributed by atoms with van der Waals surface area (Å²) in [6.45, 7) is 10.9. The maximum atomic E-state index is 13.0. The first-order valence-corrected chi connectivity index (χ1v) is 13.7. The third kappa shape index (κ3) is 2.82.